The third-order valence-corrected chi connectivity index (χ3v) is 3.50. The molecule has 1 atom stereocenters. The Balaban J connectivity index is 3.01. The zero-order valence-electron chi connectivity index (χ0n) is 11.1. The van der Waals surface area contributed by atoms with Gasteiger partial charge in [-0.05, 0) is 18.0 Å². The fraction of sp³-hybridized carbons (Fsp3) is 0.455. The van der Waals surface area contributed by atoms with Gasteiger partial charge < -0.3 is 5.11 Å². The van der Waals surface area contributed by atoms with E-state index in [4.69, 9.17) is 11.6 Å². The maximum Gasteiger partial charge on any atom is 0.332 e. The summed E-state index contributed by atoms with van der Waals surface area (Å²) in [6.45, 7) is 1.66. The Kier molecular flexibility index (Phi) is 3.43. The predicted octanol–water partition coefficient (Wildman–Crippen LogP) is 0.123. The lowest BCUT2D eigenvalue weighted by Gasteiger charge is -2.13. The number of aromatic nitrogens is 4. The second-order valence-electron chi connectivity index (χ2n) is 4.39. The smallest absolute Gasteiger partial charge is 0.332 e. The van der Waals surface area contributed by atoms with Crippen molar-refractivity contribution in [3.63, 3.8) is 0 Å². The third kappa shape index (κ3) is 1.83. The average Bonchev–Trinajstić information content (AvgIpc) is 2.73. The van der Waals surface area contributed by atoms with E-state index in [1.807, 2.05) is 0 Å². The van der Waals surface area contributed by atoms with Crippen LogP contribution in [0.3, 0.4) is 0 Å². The van der Waals surface area contributed by atoms with Gasteiger partial charge in [0.1, 0.15) is 6.04 Å². The molecule has 20 heavy (non-hydrogen) atoms. The number of nitrogens with zero attached hydrogens (tertiary/aromatic N) is 4. The molecule has 0 aromatic carbocycles. The number of halogens is 1. The van der Waals surface area contributed by atoms with E-state index in [-0.39, 0.29) is 22.9 Å². The van der Waals surface area contributed by atoms with Gasteiger partial charge in [-0.1, -0.05) is 6.92 Å². The molecular formula is C11H13ClN4O4. The van der Waals surface area contributed by atoms with E-state index in [1.165, 1.54) is 14.1 Å². The molecule has 2 aromatic heterocycles. The van der Waals surface area contributed by atoms with Crippen molar-refractivity contribution in [3.05, 3.63) is 26.1 Å². The van der Waals surface area contributed by atoms with Crippen LogP contribution in [-0.2, 0) is 18.9 Å². The first-order valence-electron chi connectivity index (χ1n) is 5.87. The van der Waals surface area contributed by atoms with Crippen molar-refractivity contribution in [2.75, 3.05) is 0 Å². The van der Waals surface area contributed by atoms with E-state index in [0.717, 1.165) is 13.7 Å². The molecule has 0 fully saturated rings. The van der Waals surface area contributed by atoms with E-state index < -0.39 is 23.3 Å². The van der Waals surface area contributed by atoms with Gasteiger partial charge >= 0.3 is 11.7 Å². The molecule has 0 radical (unpaired) electrons. The first-order chi connectivity index (χ1) is 9.31. The molecule has 1 N–H and O–H groups in total. The lowest BCUT2D eigenvalue weighted by Crippen LogP contribution is -2.38. The molecule has 1 unspecified atom stereocenters. The molecule has 8 nitrogen and oxygen atoms in total. The number of aliphatic carboxylic acids is 1. The molecule has 2 rings (SSSR count). The molecule has 108 valence electrons. The second-order valence-corrected chi connectivity index (χ2v) is 4.73. The zero-order valence-corrected chi connectivity index (χ0v) is 11.9. The highest BCUT2D eigenvalue weighted by molar-refractivity contribution is 6.29. The maximum absolute atomic E-state index is 12.2. The minimum absolute atomic E-state index is 0.00819. The molecule has 0 amide bonds. The molecule has 0 aliphatic carbocycles. The predicted molar refractivity (Wildman–Crippen MR) is 72.2 cm³/mol. The van der Waals surface area contributed by atoms with Crippen LogP contribution in [0.2, 0.25) is 5.28 Å². The SMILES string of the molecule is CCC(C(=O)O)n1c(Cl)nc2c1c(=O)n(C)c(=O)n2C. The van der Waals surface area contributed by atoms with Crippen LogP contribution in [0.15, 0.2) is 9.59 Å². The summed E-state index contributed by atoms with van der Waals surface area (Å²) >= 11 is 5.96. The molecule has 0 saturated heterocycles. The molecule has 9 heteroatoms. The quantitative estimate of drug-likeness (QED) is 0.812. The molecule has 0 spiro atoms. The van der Waals surface area contributed by atoms with E-state index in [9.17, 15) is 19.5 Å². The highest BCUT2D eigenvalue weighted by atomic mass is 35.5. The van der Waals surface area contributed by atoms with Crippen molar-refractivity contribution in [3.8, 4) is 0 Å². The Morgan fingerprint density at radius 2 is 1.95 bits per heavy atom. The number of fused-ring (bicyclic) bond motifs is 1. The van der Waals surface area contributed by atoms with Gasteiger partial charge in [0.2, 0.25) is 5.28 Å². The Hall–Kier alpha value is -2.09. The van der Waals surface area contributed by atoms with Crippen LogP contribution in [0.5, 0.6) is 0 Å². The number of carbonyl (C=O) groups is 1. The number of carboxylic acid groups (broad SMARTS) is 1. The first-order valence-corrected chi connectivity index (χ1v) is 6.25. The van der Waals surface area contributed by atoms with Gasteiger partial charge in [-0.3, -0.25) is 18.5 Å². The molecule has 2 heterocycles. The number of hydrogen-bond donors (Lipinski definition) is 1. The summed E-state index contributed by atoms with van der Waals surface area (Å²) in [5.74, 6) is -1.12. The number of rotatable bonds is 3. The maximum atomic E-state index is 12.2. The van der Waals surface area contributed by atoms with E-state index >= 15 is 0 Å². The highest BCUT2D eigenvalue weighted by Gasteiger charge is 2.26. The molecule has 0 aliphatic heterocycles. The van der Waals surface area contributed by atoms with Crippen molar-refractivity contribution in [1.82, 2.24) is 18.7 Å². The molecule has 0 bridgehead atoms. The van der Waals surface area contributed by atoms with Gasteiger partial charge in [0, 0.05) is 14.1 Å². The summed E-state index contributed by atoms with van der Waals surface area (Å²) in [7, 11) is 2.76. The van der Waals surface area contributed by atoms with Crippen molar-refractivity contribution in [1.29, 1.82) is 0 Å². The fourth-order valence-corrected chi connectivity index (χ4v) is 2.42. The van der Waals surface area contributed by atoms with Gasteiger partial charge in [-0.2, -0.15) is 4.98 Å². The van der Waals surface area contributed by atoms with Crippen molar-refractivity contribution in [2.24, 2.45) is 14.1 Å². The number of aryl methyl sites for hydroxylation is 1. The van der Waals surface area contributed by atoms with Crippen LogP contribution >= 0.6 is 11.6 Å². The third-order valence-electron chi connectivity index (χ3n) is 3.23. The average molecular weight is 301 g/mol. The summed E-state index contributed by atoms with van der Waals surface area (Å²) < 4.78 is 3.21. The summed E-state index contributed by atoms with van der Waals surface area (Å²) in [5, 5.41) is 9.10. The van der Waals surface area contributed by atoms with Gasteiger partial charge in [-0.15, -0.1) is 0 Å². The Bertz CT molecular complexity index is 816. The molecule has 0 aliphatic rings. The monoisotopic (exact) mass is 300 g/mol. The van der Waals surface area contributed by atoms with E-state index in [2.05, 4.69) is 4.98 Å². The molecular weight excluding hydrogens is 288 g/mol. The first kappa shape index (κ1) is 14.3. The normalized spacial score (nSPS) is 12.8. The van der Waals surface area contributed by atoms with Gasteiger partial charge in [-0.25, -0.2) is 9.59 Å². The lowest BCUT2D eigenvalue weighted by atomic mass is 10.2. The lowest BCUT2D eigenvalue weighted by molar-refractivity contribution is -0.140. The fourth-order valence-electron chi connectivity index (χ4n) is 2.14. The minimum atomic E-state index is -1.12. The topological polar surface area (TPSA) is 99.1 Å². The number of imidazole rings is 1. The number of hydrogen-bond acceptors (Lipinski definition) is 4. The van der Waals surface area contributed by atoms with Crippen LogP contribution in [-0.4, -0.2) is 29.8 Å². The zero-order chi connectivity index (χ0) is 15.2. The Morgan fingerprint density at radius 1 is 1.35 bits per heavy atom. The van der Waals surface area contributed by atoms with E-state index in [1.54, 1.807) is 6.92 Å². The number of carboxylic acids is 1. The van der Waals surface area contributed by atoms with Gasteiger partial charge in [0.05, 0.1) is 0 Å². The minimum Gasteiger partial charge on any atom is -0.480 e. The highest BCUT2D eigenvalue weighted by Crippen LogP contribution is 2.23. The largest absolute Gasteiger partial charge is 0.480 e. The van der Waals surface area contributed by atoms with Crippen LogP contribution in [0, 0.1) is 0 Å². The summed E-state index contributed by atoms with van der Waals surface area (Å²) in [5.41, 5.74) is -1.09. The van der Waals surface area contributed by atoms with Gasteiger partial charge in [0.15, 0.2) is 11.2 Å². The summed E-state index contributed by atoms with van der Waals surface area (Å²) in [4.78, 5) is 39.3. The molecule has 2 aromatic rings. The second kappa shape index (κ2) is 4.78. The Labute approximate surface area is 117 Å². The van der Waals surface area contributed by atoms with Crippen molar-refractivity contribution < 1.29 is 9.90 Å². The van der Waals surface area contributed by atoms with E-state index in [0.29, 0.717) is 0 Å². The summed E-state index contributed by atoms with van der Waals surface area (Å²) in [6, 6.07) is -1.02. The van der Waals surface area contributed by atoms with Gasteiger partial charge in [0.25, 0.3) is 5.56 Å². The van der Waals surface area contributed by atoms with Crippen LogP contribution < -0.4 is 11.2 Å². The summed E-state index contributed by atoms with van der Waals surface area (Å²) in [6.07, 6.45) is 0.229. The van der Waals surface area contributed by atoms with Crippen LogP contribution in [0.1, 0.15) is 19.4 Å². The standard InChI is InChI=1S/C11H13ClN4O4/c1-4-5(9(18)19)16-6-7(13-10(16)12)14(2)11(20)15(3)8(6)17/h5H,4H2,1-3H3,(H,18,19). The van der Waals surface area contributed by atoms with Crippen molar-refractivity contribution >= 4 is 28.7 Å². The Morgan fingerprint density at radius 3 is 2.45 bits per heavy atom. The van der Waals surface area contributed by atoms with Crippen molar-refractivity contribution in [2.45, 2.75) is 19.4 Å². The van der Waals surface area contributed by atoms with Crippen LogP contribution in [0.25, 0.3) is 11.2 Å². The molecule has 0 saturated carbocycles. The van der Waals surface area contributed by atoms with Crippen LogP contribution in [0.4, 0.5) is 0 Å².